The first kappa shape index (κ1) is 7.85. The first-order valence-corrected chi connectivity index (χ1v) is 3.59. The molecule has 0 amide bonds. The molecule has 0 saturated heterocycles. The van der Waals surface area contributed by atoms with Crippen LogP contribution in [0.3, 0.4) is 0 Å². The monoisotopic (exact) mass is 181 g/mol. The highest BCUT2D eigenvalue weighted by atomic mass is 19.1. The molecule has 13 heavy (non-hydrogen) atoms. The van der Waals surface area contributed by atoms with Crippen molar-refractivity contribution in [1.82, 2.24) is 15.0 Å². The zero-order valence-corrected chi connectivity index (χ0v) is 6.46. The van der Waals surface area contributed by atoms with E-state index in [1.165, 1.54) is 0 Å². The van der Waals surface area contributed by atoms with E-state index in [1.807, 2.05) is 0 Å². The summed E-state index contributed by atoms with van der Waals surface area (Å²) in [6.45, 7) is 0. The molecule has 0 aliphatic carbocycles. The molecule has 0 saturated carbocycles. The van der Waals surface area contributed by atoms with Gasteiger partial charge in [-0.1, -0.05) is 0 Å². The summed E-state index contributed by atoms with van der Waals surface area (Å²) in [6, 6.07) is 4.45. The predicted octanol–water partition coefficient (Wildman–Crippen LogP) is 1.75. The van der Waals surface area contributed by atoms with Crippen LogP contribution in [0.2, 0.25) is 0 Å². The Morgan fingerprint density at radius 1 is 1.23 bits per heavy atom. The van der Waals surface area contributed by atoms with E-state index >= 15 is 0 Å². The highest BCUT2D eigenvalue weighted by Crippen LogP contribution is 2.14. The fraction of sp³-hybridized carbons (Fsp3) is 0. The van der Waals surface area contributed by atoms with Crippen molar-refractivity contribution in [1.29, 1.82) is 0 Å². The number of halogens is 2. The summed E-state index contributed by atoms with van der Waals surface area (Å²) in [5, 5.41) is 0. The Morgan fingerprint density at radius 2 is 2.08 bits per heavy atom. The zero-order valence-electron chi connectivity index (χ0n) is 6.46. The van der Waals surface area contributed by atoms with Gasteiger partial charge >= 0.3 is 6.08 Å². The normalized spacial score (nSPS) is 10.3. The number of nitrogens with zero attached hydrogens (tertiary/aromatic N) is 2. The fourth-order valence-electron chi connectivity index (χ4n) is 1.02. The summed E-state index contributed by atoms with van der Waals surface area (Å²) >= 11 is 0. The van der Waals surface area contributed by atoms with E-state index in [2.05, 4.69) is 15.0 Å². The van der Waals surface area contributed by atoms with Gasteiger partial charge in [0.25, 0.3) is 0 Å². The van der Waals surface area contributed by atoms with Crippen LogP contribution in [0.1, 0.15) is 0 Å². The van der Waals surface area contributed by atoms with E-state index in [0.717, 1.165) is 6.07 Å². The van der Waals surface area contributed by atoms with Crippen LogP contribution in [-0.4, -0.2) is 15.0 Å². The van der Waals surface area contributed by atoms with E-state index in [9.17, 15) is 8.78 Å². The van der Waals surface area contributed by atoms with Gasteiger partial charge < -0.3 is 4.98 Å². The second-order valence-electron chi connectivity index (χ2n) is 2.43. The number of aromatic nitrogens is 3. The number of rotatable bonds is 1. The highest BCUT2D eigenvalue weighted by molar-refractivity contribution is 5.53. The fourth-order valence-corrected chi connectivity index (χ4v) is 1.02. The molecule has 0 atom stereocenters. The molecule has 2 rings (SSSR count). The van der Waals surface area contributed by atoms with Crippen molar-refractivity contribution in [2.24, 2.45) is 0 Å². The van der Waals surface area contributed by atoms with Crippen LogP contribution in [0, 0.1) is 12.0 Å². The summed E-state index contributed by atoms with van der Waals surface area (Å²) < 4.78 is 25.2. The van der Waals surface area contributed by atoms with Gasteiger partial charge in [-0.2, -0.15) is 13.8 Å². The lowest BCUT2D eigenvalue weighted by molar-refractivity contribution is 0.484. The number of H-pyrrole nitrogens is 1. The van der Waals surface area contributed by atoms with Gasteiger partial charge in [-0.25, -0.2) is 4.98 Å². The molecule has 3 nitrogen and oxygen atoms in total. The van der Waals surface area contributed by atoms with Gasteiger partial charge in [-0.05, 0) is 12.1 Å². The van der Waals surface area contributed by atoms with E-state index < -0.39 is 12.0 Å². The number of aromatic amines is 1. The summed E-state index contributed by atoms with van der Waals surface area (Å²) in [5.41, 5.74) is 0.759. The molecule has 0 unspecified atom stereocenters. The van der Waals surface area contributed by atoms with Crippen molar-refractivity contribution in [2.75, 3.05) is 0 Å². The average molecular weight is 181 g/mol. The standard InChI is InChI=1S/C8H5F2N3/c9-7-4-6(12-8(10)13-7)5-2-1-3-11-5/h1-4,11H. The quantitative estimate of drug-likeness (QED) is 0.537. The van der Waals surface area contributed by atoms with Crippen LogP contribution in [0.15, 0.2) is 24.4 Å². The lowest BCUT2D eigenvalue weighted by Gasteiger charge is -1.96. The van der Waals surface area contributed by atoms with Crippen molar-refractivity contribution >= 4 is 0 Å². The summed E-state index contributed by atoms with van der Waals surface area (Å²) in [5.74, 6) is -0.878. The van der Waals surface area contributed by atoms with Gasteiger partial charge in [0.15, 0.2) is 0 Å². The molecule has 0 aliphatic heterocycles. The third-order valence-electron chi connectivity index (χ3n) is 1.54. The first-order chi connectivity index (χ1) is 6.25. The Bertz CT molecular complexity index is 391. The minimum absolute atomic E-state index is 0.204. The van der Waals surface area contributed by atoms with Crippen LogP contribution in [0.4, 0.5) is 8.78 Å². The molecule has 0 spiro atoms. The van der Waals surface area contributed by atoms with Crippen molar-refractivity contribution in [3.8, 4) is 11.4 Å². The van der Waals surface area contributed by atoms with E-state index in [1.54, 1.807) is 18.3 Å². The molecule has 2 aromatic heterocycles. The molecule has 0 radical (unpaired) electrons. The predicted molar refractivity (Wildman–Crippen MR) is 41.7 cm³/mol. The first-order valence-electron chi connectivity index (χ1n) is 3.59. The maximum absolute atomic E-state index is 12.6. The molecule has 0 aliphatic rings. The van der Waals surface area contributed by atoms with Crippen LogP contribution in [-0.2, 0) is 0 Å². The maximum atomic E-state index is 12.6. The number of nitrogens with one attached hydrogen (secondary N) is 1. The van der Waals surface area contributed by atoms with E-state index in [0.29, 0.717) is 5.69 Å². The molecular formula is C8H5F2N3. The molecule has 5 heteroatoms. The van der Waals surface area contributed by atoms with E-state index in [-0.39, 0.29) is 5.69 Å². The Labute approximate surface area is 72.5 Å². The van der Waals surface area contributed by atoms with Crippen LogP contribution >= 0.6 is 0 Å². The van der Waals surface area contributed by atoms with Crippen molar-refractivity contribution in [3.63, 3.8) is 0 Å². The molecule has 2 heterocycles. The lowest BCUT2D eigenvalue weighted by atomic mass is 10.3. The maximum Gasteiger partial charge on any atom is 0.311 e. The Balaban J connectivity index is 2.53. The second-order valence-corrected chi connectivity index (χ2v) is 2.43. The molecule has 0 fully saturated rings. The third kappa shape index (κ3) is 1.53. The molecule has 1 N–H and O–H groups in total. The SMILES string of the molecule is Fc1cc(-c2ccc[nH]2)nc(F)n1. The Hall–Kier alpha value is -1.78. The topological polar surface area (TPSA) is 41.6 Å². The summed E-state index contributed by atoms with van der Waals surface area (Å²) in [6.07, 6.45) is 0.581. The van der Waals surface area contributed by atoms with E-state index in [4.69, 9.17) is 0 Å². The Kier molecular flexibility index (Phi) is 1.77. The minimum atomic E-state index is -1.07. The second kappa shape index (κ2) is 2.93. The summed E-state index contributed by atoms with van der Waals surface area (Å²) in [4.78, 5) is 9.10. The van der Waals surface area contributed by atoms with Gasteiger partial charge in [0.05, 0.1) is 11.4 Å². The van der Waals surface area contributed by atoms with Crippen LogP contribution in [0.5, 0.6) is 0 Å². The average Bonchev–Trinajstić information content (AvgIpc) is 2.53. The molecule has 0 aromatic carbocycles. The van der Waals surface area contributed by atoms with Crippen molar-refractivity contribution < 1.29 is 8.78 Å². The lowest BCUT2D eigenvalue weighted by Crippen LogP contribution is -1.95. The number of hydrogen-bond donors (Lipinski definition) is 1. The van der Waals surface area contributed by atoms with Gasteiger partial charge in [-0.3, -0.25) is 0 Å². The smallest absolute Gasteiger partial charge is 0.311 e. The molecule has 2 aromatic rings. The minimum Gasteiger partial charge on any atom is -0.360 e. The van der Waals surface area contributed by atoms with Gasteiger partial charge in [0.2, 0.25) is 5.95 Å². The van der Waals surface area contributed by atoms with Gasteiger partial charge in [0, 0.05) is 12.3 Å². The molecular weight excluding hydrogens is 176 g/mol. The molecule has 66 valence electrons. The van der Waals surface area contributed by atoms with Crippen molar-refractivity contribution in [3.05, 3.63) is 36.4 Å². The number of hydrogen-bond acceptors (Lipinski definition) is 2. The van der Waals surface area contributed by atoms with Gasteiger partial charge in [0.1, 0.15) is 0 Å². The Morgan fingerprint density at radius 3 is 2.69 bits per heavy atom. The highest BCUT2D eigenvalue weighted by Gasteiger charge is 2.05. The summed E-state index contributed by atoms with van der Waals surface area (Å²) in [7, 11) is 0. The third-order valence-corrected chi connectivity index (χ3v) is 1.54. The zero-order chi connectivity index (χ0) is 9.26. The van der Waals surface area contributed by atoms with Crippen LogP contribution in [0.25, 0.3) is 11.4 Å². The van der Waals surface area contributed by atoms with Crippen molar-refractivity contribution in [2.45, 2.75) is 0 Å². The van der Waals surface area contributed by atoms with Crippen LogP contribution < -0.4 is 0 Å². The van der Waals surface area contributed by atoms with Gasteiger partial charge in [-0.15, -0.1) is 0 Å². The molecule has 0 bridgehead atoms. The largest absolute Gasteiger partial charge is 0.360 e.